The van der Waals surface area contributed by atoms with Gasteiger partial charge in [-0.15, -0.1) is 0 Å². The van der Waals surface area contributed by atoms with Gasteiger partial charge in [-0.25, -0.2) is 0 Å². The first-order valence-electron chi connectivity index (χ1n) is 6.48. The highest BCUT2D eigenvalue weighted by atomic mass is 32.1. The molecule has 1 rings (SSSR count). The molecular weight excluding hydrogens is 228 g/mol. The van der Waals surface area contributed by atoms with Crippen LogP contribution in [-0.4, -0.2) is 29.1 Å². The maximum absolute atomic E-state index is 5.47. The van der Waals surface area contributed by atoms with Crippen LogP contribution in [0.3, 0.4) is 0 Å². The molecular formula is C14H26N2S. The SMILES string of the molecule is C=C(C)CNC(=S)N1CCCC1CC(C)(C)C. The lowest BCUT2D eigenvalue weighted by molar-refractivity contribution is 0.260. The largest absolute Gasteiger partial charge is 0.359 e. The van der Waals surface area contributed by atoms with Crippen LogP contribution in [0, 0.1) is 5.41 Å². The summed E-state index contributed by atoms with van der Waals surface area (Å²) in [6.45, 7) is 14.7. The van der Waals surface area contributed by atoms with Gasteiger partial charge in [0.15, 0.2) is 5.11 Å². The van der Waals surface area contributed by atoms with E-state index < -0.39 is 0 Å². The summed E-state index contributed by atoms with van der Waals surface area (Å²) in [5.41, 5.74) is 1.50. The van der Waals surface area contributed by atoms with Crippen LogP contribution < -0.4 is 5.32 Å². The van der Waals surface area contributed by atoms with Crippen molar-refractivity contribution in [3.05, 3.63) is 12.2 Å². The molecule has 1 N–H and O–H groups in total. The van der Waals surface area contributed by atoms with E-state index in [9.17, 15) is 0 Å². The summed E-state index contributed by atoms with van der Waals surface area (Å²) in [6.07, 6.45) is 3.74. The molecule has 1 saturated heterocycles. The highest BCUT2D eigenvalue weighted by Crippen LogP contribution is 2.29. The van der Waals surface area contributed by atoms with Crippen molar-refractivity contribution in [3.63, 3.8) is 0 Å². The van der Waals surface area contributed by atoms with E-state index in [-0.39, 0.29) is 0 Å². The summed E-state index contributed by atoms with van der Waals surface area (Å²) in [4.78, 5) is 2.36. The Morgan fingerprint density at radius 2 is 2.12 bits per heavy atom. The van der Waals surface area contributed by atoms with Gasteiger partial charge in [0.05, 0.1) is 0 Å². The lowest BCUT2D eigenvalue weighted by atomic mass is 9.87. The molecule has 1 fully saturated rings. The lowest BCUT2D eigenvalue weighted by Crippen LogP contribution is -2.44. The van der Waals surface area contributed by atoms with Crippen LogP contribution in [0.25, 0.3) is 0 Å². The summed E-state index contributed by atoms with van der Waals surface area (Å²) >= 11 is 5.47. The molecule has 1 atom stereocenters. The maximum Gasteiger partial charge on any atom is 0.169 e. The smallest absolute Gasteiger partial charge is 0.169 e. The molecule has 3 heteroatoms. The van der Waals surface area contributed by atoms with Crippen molar-refractivity contribution in [1.82, 2.24) is 10.2 Å². The zero-order valence-corrected chi connectivity index (χ0v) is 12.5. The van der Waals surface area contributed by atoms with E-state index in [0.29, 0.717) is 11.5 Å². The summed E-state index contributed by atoms with van der Waals surface area (Å²) in [6, 6.07) is 0.611. The van der Waals surface area contributed by atoms with Gasteiger partial charge < -0.3 is 10.2 Å². The molecule has 17 heavy (non-hydrogen) atoms. The second kappa shape index (κ2) is 5.85. The number of nitrogens with zero attached hydrogens (tertiary/aromatic N) is 1. The van der Waals surface area contributed by atoms with E-state index in [1.165, 1.54) is 19.3 Å². The lowest BCUT2D eigenvalue weighted by Gasteiger charge is -2.32. The van der Waals surface area contributed by atoms with Crippen molar-refractivity contribution in [2.75, 3.05) is 13.1 Å². The van der Waals surface area contributed by atoms with Gasteiger partial charge >= 0.3 is 0 Å². The van der Waals surface area contributed by atoms with Crippen molar-refractivity contribution in [2.24, 2.45) is 5.41 Å². The van der Waals surface area contributed by atoms with Crippen molar-refractivity contribution in [1.29, 1.82) is 0 Å². The fourth-order valence-corrected chi connectivity index (χ4v) is 2.66. The molecule has 0 aromatic rings. The monoisotopic (exact) mass is 254 g/mol. The van der Waals surface area contributed by atoms with Crippen LogP contribution in [0.4, 0.5) is 0 Å². The second-order valence-corrected chi connectivity index (χ2v) is 6.76. The van der Waals surface area contributed by atoms with E-state index in [4.69, 9.17) is 12.2 Å². The van der Waals surface area contributed by atoms with Crippen LogP contribution in [0.1, 0.15) is 47.0 Å². The average molecular weight is 254 g/mol. The Morgan fingerprint density at radius 1 is 1.47 bits per heavy atom. The molecule has 2 nitrogen and oxygen atoms in total. The molecule has 1 unspecified atom stereocenters. The van der Waals surface area contributed by atoms with E-state index in [0.717, 1.165) is 23.8 Å². The number of nitrogens with one attached hydrogen (secondary N) is 1. The van der Waals surface area contributed by atoms with Gasteiger partial charge in [0.25, 0.3) is 0 Å². The van der Waals surface area contributed by atoms with Gasteiger partial charge in [-0.3, -0.25) is 0 Å². The minimum Gasteiger partial charge on any atom is -0.359 e. The first kappa shape index (κ1) is 14.5. The standard InChI is InChI=1S/C14H26N2S/c1-11(2)10-15-13(17)16-8-6-7-12(16)9-14(3,4)5/h12H,1,6-10H2,2-5H3,(H,15,17). The molecule has 1 aliphatic rings. The van der Waals surface area contributed by atoms with Crippen LogP contribution >= 0.6 is 12.2 Å². The third kappa shape index (κ3) is 5.07. The van der Waals surface area contributed by atoms with Gasteiger partial charge in [-0.2, -0.15) is 0 Å². The molecule has 0 spiro atoms. The molecule has 0 amide bonds. The Kier molecular flexibility index (Phi) is 4.99. The van der Waals surface area contributed by atoms with Gasteiger partial charge in [0.1, 0.15) is 0 Å². The molecule has 1 aliphatic heterocycles. The highest BCUT2D eigenvalue weighted by Gasteiger charge is 2.29. The Morgan fingerprint density at radius 3 is 2.65 bits per heavy atom. The number of likely N-dealkylation sites (tertiary alicyclic amines) is 1. The summed E-state index contributed by atoms with van der Waals surface area (Å²) in [5.74, 6) is 0. The molecule has 0 bridgehead atoms. The van der Waals surface area contributed by atoms with Crippen LogP contribution in [-0.2, 0) is 0 Å². The predicted octanol–water partition coefficient (Wildman–Crippen LogP) is 3.34. The Labute approximate surface area is 111 Å². The molecule has 1 heterocycles. The first-order chi connectivity index (χ1) is 7.79. The highest BCUT2D eigenvalue weighted by molar-refractivity contribution is 7.80. The molecule has 0 aliphatic carbocycles. The van der Waals surface area contributed by atoms with Crippen molar-refractivity contribution >= 4 is 17.3 Å². The zero-order chi connectivity index (χ0) is 13.1. The molecule has 0 saturated carbocycles. The van der Waals surface area contributed by atoms with Crippen LogP contribution in [0.5, 0.6) is 0 Å². The topological polar surface area (TPSA) is 15.3 Å². The third-order valence-corrected chi connectivity index (χ3v) is 3.41. The third-order valence-electron chi connectivity index (χ3n) is 3.03. The molecule has 98 valence electrons. The average Bonchev–Trinajstić information content (AvgIpc) is 2.59. The molecule has 0 aromatic carbocycles. The Hall–Kier alpha value is -0.570. The number of hydrogen-bond donors (Lipinski definition) is 1. The summed E-state index contributed by atoms with van der Waals surface area (Å²) in [5, 5.41) is 4.20. The van der Waals surface area contributed by atoms with Gasteiger partial charge in [0, 0.05) is 19.1 Å². The number of thiocarbonyl (C=S) groups is 1. The van der Waals surface area contributed by atoms with Crippen LogP contribution in [0.15, 0.2) is 12.2 Å². The number of rotatable bonds is 3. The quantitative estimate of drug-likeness (QED) is 0.614. The predicted molar refractivity (Wildman–Crippen MR) is 79.2 cm³/mol. The normalized spacial score (nSPS) is 20.5. The number of hydrogen-bond acceptors (Lipinski definition) is 1. The fourth-order valence-electron chi connectivity index (χ4n) is 2.35. The van der Waals surface area contributed by atoms with E-state index in [1.807, 2.05) is 6.92 Å². The van der Waals surface area contributed by atoms with E-state index in [2.05, 4.69) is 37.6 Å². The first-order valence-corrected chi connectivity index (χ1v) is 6.89. The fraction of sp³-hybridized carbons (Fsp3) is 0.786. The van der Waals surface area contributed by atoms with Gasteiger partial charge in [0.2, 0.25) is 0 Å². The summed E-state index contributed by atoms with van der Waals surface area (Å²) in [7, 11) is 0. The Bertz CT molecular complexity index is 291. The molecule has 0 aromatic heterocycles. The van der Waals surface area contributed by atoms with Crippen molar-refractivity contribution < 1.29 is 0 Å². The zero-order valence-electron chi connectivity index (χ0n) is 11.7. The van der Waals surface area contributed by atoms with Crippen LogP contribution in [0.2, 0.25) is 0 Å². The van der Waals surface area contributed by atoms with Gasteiger partial charge in [-0.1, -0.05) is 32.9 Å². The van der Waals surface area contributed by atoms with Gasteiger partial charge in [-0.05, 0) is 43.8 Å². The minimum atomic E-state index is 0.372. The maximum atomic E-state index is 5.47. The van der Waals surface area contributed by atoms with Crippen molar-refractivity contribution in [3.8, 4) is 0 Å². The Balaban J connectivity index is 2.51. The van der Waals surface area contributed by atoms with Crippen molar-refractivity contribution in [2.45, 2.75) is 53.0 Å². The minimum absolute atomic E-state index is 0.372. The van der Waals surface area contributed by atoms with E-state index >= 15 is 0 Å². The summed E-state index contributed by atoms with van der Waals surface area (Å²) < 4.78 is 0. The molecule has 0 radical (unpaired) electrons. The second-order valence-electron chi connectivity index (χ2n) is 6.37. The van der Waals surface area contributed by atoms with E-state index in [1.54, 1.807) is 0 Å².